The molecule has 0 saturated carbocycles. The lowest BCUT2D eigenvalue weighted by Crippen LogP contribution is -2.52. The highest BCUT2D eigenvalue weighted by Gasteiger charge is 2.33. The van der Waals surface area contributed by atoms with Crippen LogP contribution in [0, 0.1) is 0 Å². The average Bonchev–Trinajstić information content (AvgIpc) is 2.90. The first-order valence-electron chi connectivity index (χ1n) is 12.2. The number of ether oxygens (including phenoxy) is 1. The maximum absolute atomic E-state index is 13.9. The summed E-state index contributed by atoms with van der Waals surface area (Å²) in [6.45, 7) is 4.59. The number of benzene rings is 3. The summed E-state index contributed by atoms with van der Waals surface area (Å²) in [5.41, 5.74) is 0.785. The van der Waals surface area contributed by atoms with E-state index in [1.165, 1.54) is 30.2 Å². The number of amides is 2. The molecule has 208 valence electrons. The first-order valence-corrected chi connectivity index (χ1v) is 14.4. The molecule has 3 aromatic carbocycles. The zero-order valence-corrected chi connectivity index (χ0v) is 24.4. The van der Waals surface area contributed by atoms with Crippen LogP contribution in [0.1, 0.15) is 26.3 Å². The highest BCUT2D eigenvalue weighted by molar-refractivity contribution is 7.92. The van der Waals surface area contributed by atoms with Crippen LogP contribution in [0.15, 0.2) is 77.7 Å². The van der Waals surface area contributed by atoms with Crippen LogP contribution in [-0.4, -0.2) is 50.9 Å². The molecule has 8 nitrogen and oxygen atoms in total. The molecule has 2 amide bonds. The van der Waals surface area contributed by atoms with Crippen molar-refractivity contribution in [1.82, 2.24) is 10.2 Å². The smallest absolute Gasteiger partial charge is 0.264 e. The fourth-order valence-corrected chi connectivity index (χ4v) is 5.73. The van der Waals surface area contributed by atoms with Gasteiger partial charge in [-0.05, 0) is 62.7 Å². The molecular weight excluding hydrogens is 561 g/mol. The SMILES string of the molecule is COc1cccc(N(CC(=O)N(Cc2ccc(Cl)cc2Cl)C(C)C(=O)NC(C)C)S(=O)(=O)c2ccccc2)c1. The highest BCUT2D eigenvalue weighted by Crippen LogP contribution is 2.28. The van der Waals surface area contributed by atoms with E-state index >= 15 is 0 Å². The summed E-state index contributed by atoms with van der Waals surface area (Å²) in [6, 6.07) is 18.0. The molecule has 0 bridgehead atoms. The van der Waals surface area contributed by atoms with Crippen molar-refractivity contribution in [2.45, 2.75) is 44.3 Å². The maximum Gasteiger partial charge on any atom is 0.264 e. The quantitative estimate of drug-likeness (QED) is 0.333. The summed E-state index contributed by atoms with van der Waals surface area (Å²) in [6.07, 6.45) is 0. The number of nitrogens with one attached hydrogen (secondary N) is 1. The van der Waals surface area contributed by atoms with E-state index in [1.54, 1.807) is 61.5 Å². The minimum Gasteiger partial charge on any atom is -0.497 e. The predicted octanol–water partition coefficient (Wildman–Crippen LogP) is 5.14. The van der Waals surface area contributed by atoms with Gasteiger partial charge < -0.3 is 15.0 Å². The maximum atomic E-state index is 13.9. The van der Waals surface area contributed by atoms with Crippen LogP contribution in [0.5, 0.6) is 5.75 Å². The molecule has 0 aliphatic carbocycles. The number of hydrogen-bond acceptors (Lipinski definition) is 5. The van der Waals surface area contributed by atoms with Crippen LogP contribution in [0.3, 0.4) is 0 Å². The largest absolute Gasteiger partial charge is 0.497 e. The van der Waals surface area contributed by atoms with Gasteiger partial charge in [0, 0.05) is 28.7 Å². The van der Waals surface area contributed by atoms with E-state index in [0.29, 0.717) is 21.4 Å². The van der Waals surface area contributed by atoms with Crippen LogP contribution in [0.25, 0.3) is 0 Å². The van der Waals surface area contributed by atoms with E-state index in [-0.39, 0.29) is 29.1 Å². The van der Waals surface area contributed by atoms with Gasteiger partial charge in [-0.25, -0.2) is 8.42 Å². The van der Waals surface area contributed by atoms with E-state index in [2.05, 4.69) is 5.32 Å². The molecule has 39 heavy (non-hydrogen) atoms. The number of anilines is 1. The van der Waals surface area contributed by atoms with Crippen molar-refractivity contribution >= 4 is 50.7 Å². The number of carbonyl (C=O) groups excluding carboxylic acids is 2. The molecule has 0 aromatic heterocycles. The van der Waals surface area contributed by atoms with Gasteiger partial charge in [0.15, 0.2) is 0 Å². The molecule has 0 heterocycles. The van der Waals surface area contributed by atoms with Gasteiger partial charge in [-0.3, -0.25) is 13.9 Å². The number of carbonyl (C=O) groups is 2. The van der Waals surface area contributed by atoms with Crippen LogP contribution in [-0.2, 0) is 26.2 Å². The Hall–Kier alpha value is -3.27. The molecule has 1 atom stereocenters. The lowest BCUT2D eigenvalue weighted by molar-refractivity contribution is -0.139. The van der Waals surface area contributed by atoms with Gasteiger partial charge in [0.25, 0.3) is 10.0 Å². The summed E-state index contributed by atoms with van der Waals surface area (Å²) in [4.78, 5) is 28.2. The Morgan fingerprint density at radius 1 is 0.949 bits per heavy atom. The second-order valence-corrected chi connectivity index (χ2v) is 11.8. The van der Waals surface area contributed by atoms with Gasteiger partial charge in [0.05, 0.1) is 17.7 Å². The molecule has 0 saturated heterocycles. The first kappa shape index (κ1) is 30.3. The number of nitrogens with zero attached hydrogens (tertiary/aromatic N) is 2. The minimum absolute atomic E-state index is 0.0125. The highest BCUT2D eigenvalue weighted by atomic mass is 35.5. The fourth-order valence-electron chi connectivity index (χ4n) is 3.84. The van der Waals surface area contributed by atoms with Gasteiger partial charge >= 0.3 is 0 Å². The topological polar surface area (TPSA) is 96.0 Å². The summed E-state index contributed by atoms with van der Waals surface area (Å²) in [5.74, 6) is -0.570. The summed E-state index contributed by atoms with van der Waals surface area (Å²) in [7, 11) is -2.71. The molecule has 0 radical (unpaired) electrons. The van der Waals surface area contributed by atoms with E-state index in [9.17, 15) is 18.0 Å². The first-order chi connectivity index (χ1) is 18.4. The van der Waals surface area contributed by atoms with Crippen LogP contribution < -0.4 is 14.4 Å². The fraction of sp³-hybridized carbons (Fsp3) is 0.286. The Labute approximate surface area is 239 Å². The third-order valence-electron chi connectivity index (χ3n) is 5.91. The third kappa shape index (κ3) is 7.65. The lowest BCUT2D eigenvalue weighted by Gasteiger charge is -2.32. The Bertz CT molecular complexity index is 1420. The monoisotopic (exact) mass is 591 g/mol. The molecule has 0 fully saturated rings. The van der Waals surface area contributed by atoms with Gasteiger partial charge in [0.1, 0.15) is 18.3 Å². The Kier molecular flexibility index (Phi) is 10.2. The van der Waals surface area contributed by atoms with Gasteiger partial charge in [-0.15, -0.1) is 0 Å². The van der Waals surface area contributed by atoms with Crippen molar-refractivity contribution in [2.24, 2.45) is 0 Å². The molecule has 11 heteroatoms. The second-order valence-electron chi connectivity index (χ2n) is 9.12. The lowest BCUT2D eigenvalue weighted by atomic mass is 10.1. The van der Waals surface area contributed by atoms with Gasteiger partial charge in [0.2, 0.25) is 11.8 Å². The minimum atomic E-state index is -4.17. The molecule has 0 aliphatic rings. The summed E-state index contributed by atoms with van der Waals surface area (Å²) >= 11 is 12.4. The van der Waals surface area contributed by atoms with Crippen molar-refractivity contribution in [3.63, 3.8) is 0 Å². The third-order valence-corrected chi connectivity index (χ3v) is 8.28. The van der Waals surface area contributed by atoms with Crippen LogP contribution >= 0.6 is 23.2 Å². The molecule has 0 spiro atoms. The number of hydrogen-bond donors (Lipinski definition) is 1. The summed E-state index contributed by atoms with van der Waals surface area (Å²) in [5, 5.41) is 3.55. The molecule has 1 unspecified atom stereocenters. The molecule has 1 N–H and O–H groups in total. The molecule has 3 rings (SSSR count). The second kappa shape index (κ2) is 13.2. The van der Waals surface area contributed by atoms with Crippen LogP contribution in [0.4, 0.5) is 5.69 Å². The van der Waals surface area contributed by atoms with Crippen molar-refractivity contribution < 1.29 is 22.7 Å². The van der Waals surface area contributed by atoms with E-state index in [4.69, 9.17) is 27.9 Å². The summed E-state index contributed by atoms with van der Waals surface area (Å²) < 4.78 is 33.9. The molecular formula is C28H31Cl2N3O5S. The predicted molar refractivity (Wildman–Crippen MR) is 154 cm³/mol. The molecule has 0 aliphatic heterocycles. The van der Waals surface area contributed by atoms with Crippen molar-refractivity contribution in [2.75, 3.05) is 18.0 Å². The van der Waals surface area contributed by atoms with E-state index < -0.39 is 28.5 Å². The van der Waals surface area contributed by atoms with Crippen molar-refractivity contribution in [3.8, 4) is 5.75 Å². The van der Waals surface area contributed by atoms with Crippen molar-refractivity contribution in [1.29, 1.82) is 0 Å². The Morgan fingerprint density at radius 2 is 1.64 bits per heavy atom. The number of rotatable bonds is 11. The Morgan fingerprint density at radius 3 is 2.26 bits per heavy atom. The van der Waals surface area contributed by atoms with Crippen molar-refractivity contribution in [3.05, 3.63) is 88.4 Å². The zero-order valence-electron chi connectivity index (χ0n) is 22.1. The Balaban J connectivity index is 2.06. The zero-order chi connectivity index (χ0) is 28.7. The average molecular weight is 593 g/mol. The van der Waals surface area contributed by atoms with E-state index in [0.717, 1.165) is 4.31 Å². The standard InChI is InChI=1S/C28H31Cl2N3O5S/c1-19(2)31-28(35)20(3)32(17-21-13-14-22(29)15-26(21)30)27(34)18-33(23-9-8-10-24(16-23)38-4)39(36,37)25-11-6-5-7-12-25/h5-16,19-20H,17-18H2,1-4H3,(H,31,35). The normalized spacial score (nSPS) is 12.1. The molecule has 3 aromatic rings. The van der Waals surface area contributed by atoms with Crippen LogP contribution in [0.2, 0.25) is 10.0 Å². The van der Waals surface area contributed by atoms with Gasteiger partial charge in [-0.1, -0.05) is 53.5 Å². The van der Waals surface area contributed by atoms with E-state index in [1.807, 2.05) is 13.8 Å². The number of halogens is 2. The van der Waals surface area contributed by atoms with Gasteiger partial charge in [-0.2, -0.15) is 0 Å². The number of methoxy groups -OCH3 is 1. The number of sulfonamides is 1.